The highest BCUT2D eigenvalue weighted by molar-refractivity contribution is 7.71. The number of aryl methyl sites for hydroxylation is 1. The van der Waals surface area contributed by atoms with Gasteiger partial charge in [0.1, 0.15) is 11.6 Å². The monoisotopic (exact) mass is 277 g/mol. The predicted octanol–water partition coefficient (Wildman–Crippen LogP) is 3.67. The van der Waals surface area contributed by atoms with Gasteiger partial charge in [-0.25, -0.2) is 13.8 Å². The fourth-order valence-electron chi connectivity index (χ4n) is 1.96. The average Bonchev–Trinajstić information content (AvgIpc) is 2.65. The number of nitrogens with zero attached hydrogens (tertiary/aromatic N) is 2. The second kappa shape index (κ2) is 4.24. The molecule has 2 heterocycles. The van der Waals surface area contributed by atoms with E-state index in [2.05, 4.69) is 9.97 Å². The van der Waals surface area contributed by atoms with E-state index in [-0.39, 0.29) is 5.69 Å². The maximum absolute atomic E-state index is 13.9. The van der Waals surface area contributed by atoms with Crippen LogP contribution in [0.25, 0.3) is 16.9 Å². The van der Waals surface area contributed by atoms with Crippen LogP contribution in [0.15, 0.2) is 30.3 Å². The van der Waals surface area contributed by atoms with Crippen molar-refractivity contribution >= 4 is 23.4 Å². The molecular formula is C13H9F2N3S. The van der Waals surface area contributed by atoms with Crippen molar-refractivity contribution in [2.45, 2.75) is 6.92 Å². The van der Waals surface area contributed by atoms with Gasteiger partial charge in [-0.05, 0) is 43.4 Å². The summed E-state index contributed by atoms with van der Waals surface area (Å²) in [6.07, 6.45) is 0. The first-order chi connectivity index (χ1) is 9.06. The van der Waals surface area contributed by atoms with Crippen molar-refractivity contribution in [2.24, 2.45) is 0 Å². The standard InChI is InChI=1S/C13H9F2N3S/c1-7-2-4-10-12(16-7)18(13(19)17-10)11-5-3-8(14)6-9(11)15/h2-6H,1H3,(H,17,19). The summed E-state index contributed by atoms with van der Waals surface area (Å²) in [6, 6.07) is 7.02. The lowest BCUT2D eigenvalue weighted by atomic mass is 10.3. The molecule has 96 valence electrons. The normalized spacial score (nSPS) is 11.1. The van der Waals surface area contributed by atoms with Crippen LogP contribution < -0.4 is 0 Å². The van der Waals surface area contributed by atoms with Crippen molar-refractivity contribution in [3.63, 3.8) is 0 Å². The van der Waals surface area contributed by atoms with Gasteiger partial charge in [-0.2, -0.15) is 0 Å². The zero-order chi connectivity index (χ0) is 13.6. The minimum absolute atomic E-state index is 0.177. The molecule has 0 amide bonds. The van der Waals surface area contributed by atoms with Crippen LogP contribution in [-0.4, -0.2) is 14.5 Å². The van der Waals surface area contributed by atoms with Crippen molar-refractivity contribution in [3.05, 3.63) is 52.4 Å². The Morgan fingerprint density at radius 2 is 2.00 bits per heavy atom. The van der Waals surface area contributed by atoms with Crippen molar-refractivity contribution in [1.29, 1.82) is 0 Å². The number of benzene rings is 1. The van der Waals surface area contributed by atoms with Gasteiger partial charge in [0, 0.05) is 11.8 Å². The van der Waals surface area contributed by atoms with Gasteiger partial charge >= 0.3 is 0 Å². The lowest BCUT2D eigenvalue weighted by Crippen LogP contribution is -2.00. The van der Waals surface area contributed by atoms with Gasteiger partial charge in [-0.3, -0.25) is 4.57 Å². The number of imidazole rings is 1. The molecule has 0 saturated heterocycles. The minimum Gasteiger partial charge on any atom is -0.329 e. The van der Waals surface area contributed by atoms with E-state index in [1.807, 2.05) is 19.1 Å². The molecule has 0 atom stereocenters. The molecule has 2 aromatic heterocycles. The Morgan fingerprint density at radius 3 is 2.74 bits per heavy atom. The van der Waals surface area contributed by atoms with Crippen LogP contribution in [0.5, 0.6) is 0 Å². The van der Waals surface area contributed by atoms with Crippen molar-refractivity contribution in [1.82, 2.24) is 14.5 Å². The Balaban J connectivity index is 2.38. The summed E-state index contributed by atoms with van der Waals surface area (Å²) in [5, 5.41) is 0. The number of hydrogen-bond acceptors (Lipinski definition) is 2. The van der Waals surface area contributed by atoms with Crippen LogP contribution in [0.2, 0.25) is 0 Å². The molecule has 0 saturated carbocycles. The molecule has 19 heavy (non-hydrogen) atoms. The van der Waals surface area contributed by atoms with Crippen molar-refractivity contribution < 1.29 is 8.78 Å². The van der Waals surface area contributed by atoms with E-state index in [1.165, 1.54) is 16.7 Å². The first kappa shape index (κ1) is 12.0. The van der Waals surface area contributed by atoms with E-state index in [1.54, 1.807) is 0 Å². The van der Waals surface area contributed by atoms with Gasteiger partial charge in [0.05, 0.1) is 11.2 Å². The molecule has 3 rings (SSSR count). The summed E-state index contributed by atoms with van der Waals surface area (Å²) in [7, 11) is 0. The van der Waals surface area contributed by atoms with Gasteiger partial charge in [-0.1, -0.05) is 0 Å². The predicted molar refractivity (Wildman–Crippen MR) is 70.9 cm³/mol. The maximum Gasteiger partial charge on any atom is 0.184 e. The van der Waals surface area contributed by atoms with Gasteiger partial charge in [0.15, 0.2) is 10.4 Å². The molecule has 3 aromatic rings. The molecule has 1 N–H and O–H groups in total. The summed E-state index contributed by atoms with van der Waals surface area (Å²) in [5.41, 5.74) is 2.20. The highest BCUT2D eigenvalue weighted by Gasteiger charge is 2.12. The Bertz CT molecular complexity index is 836. The van der Waals surface area contributed by atoms with Gasteiger partial charge in [0.2, 0.25) is 0 Å². The van der Waals surface area contributed by atoms with Crippen molar-refractivity contribution in [3.8, 4) is 5.69 Å². The van der Waals surface area contributed by atoms with Crippen LogP contribution >= 0.6 is 12.2 Å². The molecule has 0 aliphatic heterocycles. The Morgan fingerprint density at radius 1 is 1.21 bits per heavy atom. The van der Waals surface area contributed by atoms with Gasteiger partial charge < -0.3 is 4.98 Å². The smallest absolute Gasteiger partial charge is 0.184 e. The Labute approximate surface area is 112 Å². The number of hydrogen-bond donors (Lipinski definition) is 1. The third-order valence-electron chi connectivity index (χ3n) is 2.82. The maximum atomic E-state index is 13.9. The van der Waals surface area contributed by atoms with Crippen LogP contribution in [-0.2, 0) is 0 Å². The molecule has 0 bridgehead atoms. The van der Waals surface area contributed by atoms with E-state index in [0.29, 0.717) is 15.9 Å². The van der Waals surface area contributed by atoms with E-state index >= 15 is 0 Å². The van der Waals surface area contributed by atoms with E-state index in [9.17, 15) is 8.78 Å². The van der Waals surface area contributed by atoms with Gasteiger partial charge in [0.25, 0.3) is 0 Å². The quantitative estimate of drug-likeness (QED) is 0.688. The lowest BCUT2D eigenvalue weighted by Gasteiger charge is -2.05. The number of rotatable bonds is 1. The number of aromatic nitrogens is 3. The molecule has 0 fully saturated rings. The summed E-state index contributed by atoms with van der Waals surface area (Å²) < 4.78 is 28.6. The molecule has 0 aliphatic rings. The van der Waals surface area contributed by atoms with E-state index < -0.39 is 11.6 Å². The Hall–Kier alpha value is -2.08. The summed E-state index contributed by atoms with van der Waals surface area (Å²) in [5.74, 6) is -1.31. The average molecular weight is 277 g/mol. The van der Waals surface area contributed by atoms with Gasteiger partial charge in [-0.15, -0.1) is 0 Å². The van der Waals surface area contributed by atoms with Crippen LogP contribution in [0.4, 0.5) is 8.78 Å². The first-order valence-corrected chi connectivity index (χ1v) is 6.01. The lowest BCUT2D eigenvalue weighted by molar-refractivity contribution is 0.578. The fourth-order valence-corrected chi connectivity index (χ4v) is 2.26. The summed E-state index contributed by atoms with van der Waals surface area (Å²) in [4.78, 5) is 7.29. The number of nitrogens with one attached hydrogen (secondary N) is 1. The van der Waals surface area contributed by atoms with E-state index in [4.69, 9.17) is 12.2 Å². The second-order valence-corrected chi connectivity index (χ2v) is 4.57. The first-order valence-electron chi connectivity index (χ1n) is 5.60. The van der Waals surface area contributed by atoms with Crippen LogP contribution in [0.3, 0.4) is 0 Å². The minimum atomic E-state index is -0.680. The fraction of sp³-hybridized carbons (Fsp3) is 0.0769. The number of fused-ring (bicyclic) bond motifs is 1. The topological polar surface area (TPSA) is 33.6 Å². The van der Waals surface area contributed by atoms with Crippen LogP contribution in [0.1, 0.15) is 5.69 Å². The van der Waals surface area contributed by atoms with Crippen molar-refractivity contribution in [2.75, 3.05) is 0 Å². The largest absolute Gasteiger partial charge is 0.329 e. The molecule has 3 nitrogen and oxygen atoms in total. The molecule has 6 heteroatoms. The molecule has 0 unspecified atom stereocenters. The molecule has 0 aliphatic carbocycles. The zero-order valence-electron chi connectivity index (χ0n) is 9.95. The molecule has 0 spiro atoms. The highest BCUT2D eigenvalue weighted by atomic mass is 32.1. The van der Waals surface area contributed by atoms with E-state index in [0.717, 1.165) is 11.8 Å². The SMILES string of the molecule is Cc1ccc2[nH]c(=S)n(-c3ccc(F)cc3F)c2n1. The zero-order valence-corrected chi connectivity index (χ0v) is 10.8. The highest BCUT2D eigenvalue weighted by Crippen LogP contribution is 2.21. The third kappa shape index (κ3) is 1.94. The number of aromatic amines is 1. The molecular weight excluding hydrogens is 268 g/mol. The number of pyridine rings is 1. The third-order valence-corrected chi connectivity index (χ3v) is 3.11. The summed E-state index contributed by atoms with van der Waals surface area (Å²) >= 11 is 5.18. The summed E-state index contributed by atoms with van der Waals surface area (Å²) in [6.45, 7) is 1.83. The molecule has 1 aromatic carbocycles. The Kier molecular flexibility index (Phi) is 2.67. The second-order valence-electron chi connectivity index (χ2n) is 4.19. The molecule has 0 radical (unpaired) electrons. The number of H-pyrrole nitrogens is 1. The number of halogens is 2. The van der Waals surface area contributed by atoms with Crippen LogP contribution in [0, 0.1) is 23.3 Å².